The number of imide groups is 6. The molecule has 0 spiro atoms. The van der Waals surface area contributed by atoms with Gasteiger partial charge in [0.1, 0.15) is 44.8 Å². The lowest BCUT2D eigenvalue weighted by molar-refractivity contribution is -0.136. The minimum absolute atomic E-state index is 0.102. The Bertz CT molecular complexity index is 6070. The number of carbonyl (C=O) groups excluding carboxylic acids is 18. The molecule has 8 atom stereocenters. The maximum Gasteiger partial charge on any atom is 0.328 e. The van der Waals surface area contributed by atoms with Crippen molar-refractivity contribution in [2.75, 3.05) is 95.8 Å². The van der Waals surface area contributed by atoms with E-state index in [-0.39, 0.29) is 174 Å². The molecule has 2 N–H and O–H groups in total. The molecule has 11 fully saturated rings. The highest BCUT2D eigenvalue weighted by atomic mass is 19.1. The van der Waals surface area contributed by atoms with E-state index in [1.54, 1.807) is 131 Å². The molecule has 2 aromatic heterocycles. The summed E-state index contributed by atoms with van der Waals surface area (Å²) in [5, 5.41) is 16.2. The van der Waals surface area contributed by atoms with Gasteiger partial charge in [-0.1, -0.05) is 194 Å². The van der Waals surface area contributed by atoms with Crippen LogP contribution in [0.15, 0.2) is 163 Å². The fourth-order valence-corrected chi connectivity index (χ4v) is 23.4. The van der Waals surface area contributed by atoms with Gasteiger partial charge in [-0.05, 0) is 183 Å². The molecule has 37 heteroatoms. The third kappa shape index (κ3) is 22.0. The minimum Gasteiger partial charge on any atom is -0.504 e. The van der Waals surface area contributed by atoms with Crippen LogP contribution in [0.4, 0.5) is 33.2 Å². The fourth-order valence-electron chi connectivity index (χ4n) is 23.4. The van der Waals surface area contributed by atoms with Gasteiger partial charge < -0.3 is 48.4 Å². The highest BCUT2D eigenvalue weighted by molar-refractivity contribution is 6.16. The summed E-state index contributed by atoms with van der Waals surface area (Å²) in [5.74, 6) is -2.48. The first-order chi connectivity index (χ1) is 70.8. The van der Waals surface area contributed by atoms with Gasteiger partial charge in [0, 0.05) is 76.3 Å². The molecule has 36 nitrogen and oxygen atoms in total. The number of urea groups is 6. The largest absolute Gasteiger partial charge is 0.504 e. The number of phenols is 1. The molecule has 18 rings (SSSR count). The zero-order valence-electron chi connectivity index (χ0n) is 87.9. The van der Waals surface area contributed by atoms with Crippen molar-refractivity contribution in [1.82, 2.24) is 69.0 Å². The van der Waals surface area contributed by atoms with Crippen molar-refractivity contribution in [3.8, 4) is 17.2 Å². The van der Waals surface area contributed by atoms with Gasteiger partial charge in [-0.2, -0.15) is 5.10 Å². The number of amides is 18. The Morgan fingerprint density at radius 1 is 0.362 bits per heavy atom. The molecule has 6 aliphatic heterocycles. The van der Waals surface area contributed by atoms with E-state index in [2.05, 4.69) is 17.1 Å². The number of ketones is 6. The van der Waals surface area contributed by atoms with Crippen LogP contribution in [0.1, 0.15) is 270 Å². The number of furan rings is 1. The smallest absolute Gasteiger partial charge is 0.328 e. The summed E-state index contributed by atoms with van der Waals surface area (Å²) in [6.45, 7) is 11.2. The first kappa shape index (κ1) is 112. The molecule has 796 valence electrons. The van der Waals surface area contributed by atoms with Crippen molar-refractivity contribution < 1.29 is 110 Å². The number of likely N-dealkylation sites (N-methyl/N-ethyl adjacent to an activating group) is 6. The van der Waals surface area contributed by atoms with Crippen LogP contribution >= 0.6 is 0 Å². The minimum atomic E-state index is -1.49. The van der Waals surface area contributed by atoms with Gasteiger partial charge >= 0.3 is 36.2 Å². The number of rotatable bonds is 26. The molecule has 18 amide bonds. The molecule has 5 aromatic carbocycles. The summed E-state index contributed by atoms with van der Waals surface area (Å²) in [4.78, 5) is 244. The van der Waals surface area contributed by atoms with Gasteiger partial charge in [0.15, 0.2) is 46.2 Å². The van der Waals surface area contributed by atoms with Crippen molar-refractivity contribution >= 4 is 106 Å². The molecule has 8 unspecified atom stereocenters. The lowest BCUT2D eigenvalue weighted by Crippen LogP contribution is -2.54. The van der Waals surface area contributed by atoms with Crippen LogP contribution < -0.4 is 9.47 Å². The first-order valence-electron chi connectivity index (χ1n) is 51.5. The number of benzene rings is 5. The summed E-state index contributed by atoms with van der Waals surface area (Å²) in [6.07, 6.45) is 29.4. The van der Waals surface area contributed by atoms with Crippen LogP contribution in [0, 0.1) is 41.3 Å². The van der Waals surface area contributed by atoms with Gasteiger partial charge in [0.2, 0.25) is 5.78 Å². The Labute approximate surface area is 868 Å². The maximum absolute atomic E-state index is 14.2. The van der Waals surface area contributed by atoms with E-state index in [1.165, 1.54) is 139 Å². The van der Waals surface area contributed by atoms with E-state index in [0.29, 0.717) is 33.9 Å². The van der Waals surface area contributed by atoms with Crippen molar-refractivity contribution in [3.63, 3.8) is 0 Å². The van der Waals surface area contributed by atoms with Gasteiger partial charge in [-0.3, -0.25) is 92.0 Å². The summed E-state index contributed by atoms with van der Waals surface area (Å²) in [5.41, 5.74) is -3.73. The van der Waals surface area contributed by atoms with E-state index in [4.69, 9.17) is 13.9 Å². The Hall–Kier alpha value is -14.4. The van der Waals surface area contributed by atoms with Crippen molar-refractivity contribution in [3.05, 3.63) is 203 Å². The number of halogens is 1. The van der Waals surface area contributed by atoms with Crippen molar-refractivity contribution in [2.45, 2.75) is 236 Å². The van der Waals surface area contributed by atoms with E-state index >= 15 is 0 Å². The van der Waals surface area contributed by atoms with E-state index < -0.39 is 68.8 Å². The monoisotopic (exact) mass is 2050 g/mol. The van der Waals surface area contributed by atoms with E-state index in [9.17, 15) is 95.8 Å². The van der Waals surface area contributed by atoms with Crippen LogP contribution in [-0.2, 0) is 34.3 Å². The normalized spacial score (nSPS) is 25.1. The number of carbonyl (C=O) groups is 18. The number of aromatic nitrogens is 2. The number of aromatic amines is 1. The van der Waals surface area contributed by atoms with Gasteiger partial charge in [0.05, 0.1) is 71.5 Å². The number of ether oxygens (including phenoxy) is 2. The third-order valence-corrected chi connectivity index (χ3v) is 33.7. The molecule has 7 aromatic rings. The molecule has 5 aliphatic carbocycles. The summed E-state index contributed by atoms with van der Waals surface area (Å²) >= 11 is 0. The Morgan fingerprint density at radius 3 is 1.06 bits per heavy atom. The summed E-state index contributed by atoms with van der Waals surface area (Å²) in [7, 11) is 12.7. The molecule has 8 heterocycles. The highest BCUT2D eigenvalue weighted by Crippen LogP contribution is 2.49. The predicted octanol–water partition coefficient (Wildman–Crippen LogP) is 16.6. The zero-order chi connectivity index (χ0) is 108. The van der Waals surface area contributed by atoms with E-state index in [1.807, 2.05) is 40.7 Å². The highest BCUT2D eigenvalue weighted by Gasteiger charge is 2.63. The van der Waals surface area contributed by atoms with Crippen LogP contribution in [0.25, 0.3) is 0 Å². The molecule has 149 heavy (non-hydrogen) atoms. The Kier molecular flexibility index (Phi) is 35.2. The number of H-pyrrole nitrogens is 1. The fraction of sp³-hybridized carbons (Fsp3) is 0.509. The Morgan fingerprint density at radius 2 is 0.698 bits per heavy atom. The topological polar surface area (TPSA) is 427 Å². The molecule has 11 aliphatic rings. The van der Waals surface area contributed by atoms with Crippen LogP contribution in [0.5, 0.6) is 17.2 Å². The lowest BCUT2D eigenvalue weighted by atomic mass is 9.69. The Balaban J connectivity index is 0.000000149. The SMILES string of the molecule is CC1CCCCC1C1(C)C(=O)N(CC(=O)c2ccccc2)C(=O)N1C.CN1C(=O)N(CC(=O)c2ccccc2)C(=O)C1(C)c1ccccc1F.CN1C(=O)N(CC(=O)c2ccco2)C(=O)C1(C)C1CCCCC1.CN1C(=O)N(CC(=O)c2cn[nH]c2)C(=O)C1(C)C1CCCCC1.COc1ccc(C(=O)CN2C(=O)N(C)C(C)(C3CCCCC3)C2=O)cc1O.COc1cccc(C(=O)CN2C(=O)N(C)C(C)(C3CCCCC3)C2=O)c1. The quantitative estimate of drug-likeness (QED) is 0.0375. The maximum atomic E-state index is 14.2. The number of nitrogens with zero attached hydrogens (tertiary/aromatic N) is 13. The van der Waals surface area contributed by atoms with Crippen LogP contribution in [-0.4, -0.2) is 304 Å². The number of hydrogen-bond donors (Lipinski definition) is 2. The third-order valence-electron chi connectivity index (χ3n) is 33.7. The van der Waals surface area contributed by atoms with Crippen LogP contribution in [0.2, 0.25) is 0 Å². The standard InChI is InChI=1S/C20H26N2O5.C20H26N2O4.C20H26N2O3.C19H17FN2O3.C17H22N2O4.C16H22N4O3/c1-20(14-7-5-4-6-8-14)18(25)22(19(26)21(20)2)12-16(24)13-9-10-17(27-3)15(23)11-13;1-20(15-9-5-4-6-10-15)18(24)22(19(25)21(20)2)13-17(23)14-8-7-11-16(12-14)26-3;1-14-9-7-8-12-16(14)20(2)18(24)22(19(25)21(20)3)13-17(23)15-10-5-4-6-11-15;1-19(14-10-6-7-11-15(14)20)17(24)22(18(25)21(19)2)12-16(23)13-8-4-3-5-9-13;1-17(12-7-4-3-5-8-12)15(21)19(16(22)18(17)2)11-13(20)14-9-6-10-23-14;1-16(12-6-4-3-5-7-12)14(22)20(15(23)19(16)2)10-13(21)11-8-17-18-9-11/h9-11,14,23H,4-8,12H2,1-3H3;7-8,11-12,15H,4-6,9-10,13H2,1-3H3;4-6,10-11,14,16H,7-9,12-13H2,1-3H3;3-11H,12H2,1-2H3;6,9-10,12H,3-5,7-8,11H2,1-2H3;8-9,12H,3-7,10H2,1-2H3,(H,17,18). The zero-order valence-corrected chi connectivity index (χ0v) is 87.9. The predicted molar refractivity (Wildman–Crippen MR) is 546 cm³/mol. The van der Waals surface area contributed by atoms with Gasteiger partial charge in [0.25, 0.3) is 35.4 Å². The second kappa shape index (κ2) is 47.0. The first-order valence-corrected chi connectivity index (χ1v) is 51.5. The summed E-state index contributed by atoms with van der Waals surface area (Å²) < 4.78 is 29.4. The number of phenolic OH excluding ortho intramolecular Hbond substituents is 1. The molecule has 5 saturated carbocycles. The molecular formula is C112H139FN14O22. The number of hydrogen-bond acceptors (Lipinski definition) is 23. The lowest BCUT2D eigenvalue weighted by Gasteiger charge is -2.42. The number of methoxy groups -OCH3 is 2. The number of nitrogens with one attached hydrogen (secondary N) is 1. The number of aromatic hydroxyl groups is 1. The molecule has 0 bridgehead atoms. The second-order valence-electron chi connectivity index (χ2n) is 41.7. The van der Waals surface area contributed by atoms with Gasteiger partial charge in [-0.15, -0.1) is 0 Å². The molecular weight excluding hydrogens is 1910 g/mol. The number of Topliss-reactive ketones (excluding diaryl/α,β-unsaturated/α-hetero) is 6. The van der Waals surface area contributed by atoms with E-state index in [0.717, 1.165) is 158 Å². The average Bonchev–Trinajstić information content (AvgIpc) is 1.59. The van der Waals surface area contributed by atoms with Crippen molar-refractivity contribution in [2.24, 2.45) is 35.5 Å². The van der Waals surface area contributed by atoms with Crippen LogP contribution in [0.3, 0.4) is 0 Å². The van der Waals surface area contributed by atoms with Crippen molar-refractivity contribution in [1.29, 1.82) is 0 Å². The summed E-state index contributed by atoms with van der Waals surface area (Å²) in [6, 6.07) is 34.6. The molecule has 0 radical (unpaired) electrons. The second-order valence-corrected chi connectivity index (χ2v) is 41.7. The van der Waals surface area contributed by atoms with Gasteiger partial charge in [-0.25, -0.2) is 33.2 Å². The average molecular weight is 2050 g/mol. The molecule has 6 saturated heterocycles.